The van der Waals surface area contributed by atoms with Gasteiger partial charge in [0.25, 0.3) is 5.91 Å². The van der Waals surface area contributed by atoms with Gasteiger partial charge >= 0.3 is 5.97 Å². The molecule has 1 aliphatic heterocycles. The fourth-order valence-corrected chi connectivity index (χ4v) is 4.08. The Bertz CT molecular complexity index is 681. The van der Waals surface area contributed by atoms with Crippen LogP contribution in [0.15, 0.2) is 18.2 Å². The first kappa shape index (κ1) is 15.5. The first-order valence-corrected chi connectivity index (χ1v) is 8.45. The van der Waals surface area contributed by atoms with E-state index in [4.69, 9.17) is 5.11 Å². The molecule has 0 aromatic heterocycles. The van der Waals surface area contributed by atoms with Crippen LogP contribution in [0.25, 0.3) is 0 Å². The molecule has 1 aromatic carbocycles. The van der Waals surface area contributed by atoms with Crippen molar-refractivity contribution in [1.29, 1.82) is 0 Å². The van der Waals surface area contributed by atoms with E-state index in [-0.39, 0.29) is 22.6 Å². The summed E-state index contributed by atoms with van der Waals surface area (Å²) >= 11 is 0. The Balaban J connectivity index is 2.15. The number of carboxylic acids is 1. The van der Waals surface area contributed by atoms with E-state index < -0.39 is 27.8 Å². The van der Waals surface area contributed by atoms with Gasteiger partial charge in [-0.05, 0) is 43.5 Å². The van der Waals surface area contributed by atoms with Gasteiger partial charge in [0.15, 0.2) is 9.84 Å². The van der Waals surface area contributed by atoms with E-state index in [1.165, 1.54) is 12.1 Å². The first-order chi connectivity index (χ1) is 9.77. The Kier molecular flexibility index (Phi) is 4.32. The van der Waals surface area contributed by atoms with Gasteiger partial charge in [0.05, 0.1) is 17.1 Å². The lowest BCUT2D eigenvalue weighted by Crippen LogP contribution is -2.43. The molecule has 1 aromatic rings. The minimum absolute atomic E-state index is 0.0383. The minimum Gasteiger partial charge on any atom is -0.478 e. The highest BCUT2D eigenvalue weighted by Crippen LogP contribution is 2.14. The summed E-state index contributed by atoms with van der Waals surface area (Å²) in [6.07, 6.45) is 1.14. The number of benzene rings is 1. The highest BCUT2D eigenvalue weighted by atomic mass is 32.2. The highest BCUT2D eigenvalue weighted by Gasteiger charge is 2.26. The van der Waals surface area contributed by atoms with Crippen LogP contribution in [-0.4, -0.2) is 42.9 Å². The molecule has 1 saturated heterocycles. The third-order valence-corrected chi connectivity index (χ3v) is 5.21. The summed E-state index contributed by atoms with van der Waals surface area (Å²) in [6, 6.07) is 3.94. The molecule has 0 spiro atoms. The zero-order valence-corrected chi connectivity index (χ0v) is 12.4. The number of carbonyl (C=O) groups excluding carboxylic acids is 1. The normalized spacial score (nSPS) is 20.7. The fraction of sp³-hybridized carbons (Fsp3) is 0.429. The summed E-state index contributed by atoms with van der Waals surface area (Å²) in [5, 5.41) is 11.7. The van der Waals surface area contributed by atoms with Crippen molar-refractivity contribution in [1.82, 2.24) is 5.32 Å². The van der Waals surface area contributed by atoms with Crippen LogP contribution in [0.2, 0.25) is 0 Å². The number of carboxylic acid groups (broad SMARTS) is 1. The van der Waals surface area contributed by atoms with Crippen LogP contribution in [0, 0.1) is 6.92 Å². The van der Waals surface area contributed by atoms with Crippen LogP contribution in [-0.2, 0) is 9.84 Å². The number of amides is 1. The summed E-state index contributed by atoms with van der Waals surface area (Å²) in [6.45, 7) is 1.70. The van der Waals surface area contributed by atoms with E-state index in [9.17, 15) is 18.0 Å². The van der Waals surface area contributed by atoms with Crippen molar-refractivity contribution in [3.63, 3.8) is 0 Å². The number of aryl methyl sites for hydroxylation is 1. The molecule has 114 valence electrons. The van der Waals surface area contributed by atoms with Crippen LogP contribution in [0.3, 0.4) is 0 Å². The summed E-state index contributed by atoms with van der Waals surface area (Å²) in [4.78, 5) is 23.1. The zero-order chi connectivity index (χ0) is 15.6. The van der Waals surface area contributed by atoms with Gasteiger partial charge in [0, 0.05) is 11.6 Å². The van der Waals surface area contributed by atoms with Crippen LogP contribution >= 0.6 is 0 Å². The van der Waals surface area contributed by atoms with Gasteiger partial charge in [-0.15, -0.1) is 0 Å². The number of nitrogens with one attached hydrogen (secondary N) is 1. The van der Waals surface area contributed by atoms with Crippen molar-refractivity contribution in [3.8, 4) is 0 Å². The predicted molar refractivity (Wildman–Crippen MR) is 77.3 cm³/mol. The zero-order valence-electron chi connectivity index (χ0n) is 11.6. The summed E-state index contributed by atoms with van der Waals surface area (Å²) < 4.78 is 23.1. The highest BCUT2D eigenvalue weighted by molar-refractivity contribution is 7.91. The number of carbonyl (C=O) groups is 2. The van der Waals surface area contributed by atoms with Crippen molar-refractivity contribution in [2.24, 2.45) is 0 Å². The van der Waals surface area contributed by atoms with Crippen molar-refractivity contribution in [3.05, 3.63) is 34.9 Å². The lowest BCUT2D eigenvalue weighted by Gasteiger charge is -2.23. The summed E-state index contributed by atoms with van der Waals surface area (Å²) in [5.74, 6) is -1.44. The molecule has 2 N–H and O–H groups in total. The van der Waals surface area contributed by atoms with Gasteiger partial charge in [-0.25, -0.2) is 13.2 Å². The van der Waals surface area contributed by atoms with E-state index >= 15 is 0 Å². The maximum Gasteiger partial charge on any atom is 0.335 e. The molecule has 21 heavy (non-hydrogen) atoms. The smallest absolute Gasteiger partial charge is 0.335 e. The molecule has 0 radical (unpaired) electrons. The van der Waals surface area contributed by atoms with Crippen molar-refractivity contribution in [2.45, 2.75) is 25.8 Å². The van der Waals surface area contributed by atoms with Gasteiger partial charge in [-0.3, -0.25) is 4.79 Å². The maximum absolute atomic E-state index is 12.2. The van der Waals surface area contributed by atoms with E-state index in [1.54, 1.807) is 13.0 Å². The van der Waals surface area contributed by atoms with Crippen LogP contribution in [0.5, 0.6) is 0 Å². The SMILES string of the molecule is Cc1cc(C(=O)O)cc(C(=O)N[C@@H]2CCCS(=O)(=O)C2)c1. The number of aromatic carboxylic acids is 1. The molecule has 1 atom stereocenters. The third kappa shape index (κ3) is 4.04. The molecule has 2 rings (SSSR count). The Morgan fingerprint density at radius 2 is 1.90 bits per heavy atom. The topological polar surface area (TPSA) is 101 Å². The fourth-order valence-electron chi connectivity index (χ4n) is 2.44. The first-order valence-electron chi connectivity index (χ1n) is 6.63. The molecule has 1 fully saturated rings. The molecular weight excluding hydrogens is 294 g/mol. The van der Waals surface area contributed by atoms with Crippen LogP contribution < -0.4 is 5.32 Å². The molecule has 0 bridgehead atoms. The molecule has 6 nitrogen and oxygen atoms in total. The van der Waals surface area contributed by atoms with Gasteiger partial charge < -0.3 is 10.4 Å². The van der Waals surface area contributed by atoms with E-state index in [2.05, 4.69) is 5.32 Å². The second kappa shape index (κ2) is 5.85. The van der Waals surface area contributed by atoms with Crippen molar-refractivity contribution in [2.75, 3.05) is 11.5 Å². The summed E-state index contributed by atoms with van der Waals surface area (Å²) in [5.41, 5.74) is 0.933. The largest absolute Gasteiger partial charge is 0.478 e. The van der Waals surface area contributed by atoms with E-state index in [0.29, 0.717) is 18.4 Å². The van der Waals surface area contributed by atoms with Crippen LogP contribution in [0.4, 0.5) is 0 Å². The molecule has 1 heterocycles. The van der Waals surface area contributed by atoms with Gasteiger partial charge in [0.1, 0.15) is 0 Å². The molecular formula is C14H17NO5S. The third-order valence-electron chi connectivity index (χ3n) is 3.38. The predicted octanol–water partition coefficient (Wildman–Crippen LogP) is 1.00. The molecule has 1 amide bonds. The lowest BCUT2D eigenvalue weighted by atomic mass is 10.1. The maximum atomic E-state index is 12.2. The Hall–Kier alpha value is -1.89. The van der Waals surface area contributed by atoms with Gasteiger partial charge in [-0.2, -0.15) is 0 Å². The van der Waals surface area contributed by atoms with Crippen molar-refractivity contribution < 1.29 is 23.1 Å². The number of rotatable bonds is 3. The monoisotopic (exact) mass is 311 g/mol. The average molecular weight is 311 g/mol. The van der Waals surface area contributed by atoms with E-state index in [0.717, 1.165) is 0 Å². The number of hydrogen-bond acceptors (Lipinski definition) is 4. The lowest BCUT2D eigenvalue weighted by molar-refractivity contribution is 0.0696. The Morgan fingerprint density at radius 1 is 1.24 bits per heavy atom. The Morgan fingerprint density at radius 3 is 2.52 bits per heavy atom. The van der Waals surface area contributed by atoms with Crippen LogP contribution in [0.1, 0.15) is 39.1 Å². The number of sulfone groups is 1. The quantitative estimate of drug-likeness (QED) is 0.867. The second-order valence-corrected chi connectivity index (χ2v) is 7.55. The minimum atomic E-state index is -3.10. The molecule has 0 saturated carbocycles. The molecule has 0 aliphatic carbocycles. The number of hydrogen-bond donors (Lipinski definition) is 2. The standard InChI is InChI=1S/C14H17NO5S/c1-9-5-10(7-11(6-9)14(17)18)13(16)15-12-3-2-4-21(19,20)8-12/h5-7,12H,2-4,8H2,1H3,(H,15,16)(H,17,18)/t12-/m1/s1. The van der Waals surface area contributed by atoms with Gasteiger partial charge in [0.2, 0.25) is 0 Å². The van der Waals surface area contributed by atoms with E-state index in [1.807, 2.05) is 0 Å². The van der Waals surface area contributed by atoms with Gasteiger partial charge in [-0.1, -0.05) is 0 Å². The molecule has 1 aliphatic rings. The molecule has 7 heteroatoms. The summed E-state index contributed by atoms with van der Waals surface area (Å²) in [7, 11) is -3.10. The molecule has 0 unspecified atom stereocenters. The Labute approximate surface area is 123 Å². The average Bonchev–Trinajstić information content (AvgIpc) is 2.36. The van der Waals surface area contributed by atoms with Crippen molar-refractivity contribution >= 4 is 21.7 Å². The second-order valence-electron chi connectivity index (χ2n) is 5.32.